The molecule has 2 aromatic carbocycles. The highest BCUT2D eigenvalue weighted by Crippen LogP contribution is 2.39. The molecular weight excluding hydrogens is 366 g/mol. The Bertz CT molecular complexity index is 1020. The average Bonchev–Trinajstić information content (AvgIpc) is 3.39. The molecule has 0 saturated carbocycles. The Kier molecular flexibility index (Phi) is 4.68. The predicted octanol–water partition coefficient (Wildman–Crippen LogP) is 4.22. The first-order valence-electron chi connectivity index (χ1n) is 10.1. The van der Waals surface area contributed by atoms with E-state index in [0.29, 0.717) is 18.8 Å². The van der Waals surface area contributed by atoms with Gasteiger partial charge in [-0.25, -0.2) is 0 Å². The van der Waals surface area contributed by atoms with Crippen LogP contribution in [-0.4, -0.2) is 40.8 Å². The van der Waals surface area contributed by atoms with Crippen LogP contribution in [0.4, 0.5) is 0 Å². The van der Waals surface area contributed by atoms with Crippen LogP contribution >= 0.6 is 0 Å². The highest BCUT2D eigenvalue weighted by atomic mass is 16.5. The summed E-state index contributed by atoms with van der Waals surface area (Å²) in [6, 6.07) is 15.9. The molecule has 1 amide bonds. The van der Waals surface area contributed by atoms with Crippen molar-refractivity contribution in [2.24, 2.45) is 0 Å². The lowest BCUT2D eigenvalue weighted by Gasteiger charge is -2.25. The third kappa shape index (κ3) is 3.35. The van der Waals surface area contributed by atoms with Crippen LogP contribution < -0.4 is 9.47 Å². The van der Waals surface area contributed by atoms with Gasteiger partial charge in [-0.05, 0) is 30.5 Å². The van der Waals surface area contributed by atoms with E-state index in [1.54, 1.807) is 6.20 Å². The molecule has 1 atom stereocenters. The first-order chi connectivity index (χ1) is 14.3. The van der Waals surface area contributed by atoms with Crippen molar-refractivity contribution >= 4 is 5.91 Å². The van der Waals surface area contributed by atoms with Crippen LogP contribution in [0.15, 0.2) is 54.7 Å². The molecule has 0 spiro atoms. The normalized spacial score (nSPS) is 18.5. The van der Waals surface area contributed by atoms with E-state index in [9.17, 15) is 4.79 Å². The molecule has 2 aliphatic heterocycles. The van der Waals surface area contributed by atoms with Gasteiger partial charge in [0, 0.05) is 18.5 Å². The second-order valence-corrected chi connectivity index (χ2v) is 7.44. The van der Waals surface area contributed by atoms with Crippen molar-refractivity contribution in [3.8, 4) is 22.8 Å². The Hall–Kier alpha value is -3.28. The van der Waals surface area contributed by atoms with Crippen molar-refractivity contribution in [2.45, 2.75) is 25.3 Å². The molecule has 1 fully saturated rings. The molecule has 3 aromatic rings. The van der Waals surface area contributed by atoms with Crippen LogP contribution in [0.25, 0.3) is 11.3 Å². The summed E-state index contributed by atoms with van der Waals surface area (Å²) >= 11 is 0. The zero-order valence-corrected chi connectivity index (χ0v) is 16.1. The molecule has 0 bridgehead atoms. The fraction of sp³-hybridized carbons (Fsp3) is 0.304. The number of aromatic nitrogens is 2. The monoisotopic (exact) mass is 389 g/mol. The molecule has 6 heteroatoms. The SMILES string of the molecule is O=C(c1cn[nH]c1-c1ccccc1)N1CCC[C@@H]1c1ccc2c(c1)OCCCO2. The quantitative estimate of drug-likeness (QED) is 0.728. The number of hydrogen-bond donors (Lipinski definition) is 1. The molecule has 2 aliphatic rings. The van der Waals surface area contributed by atoms with Gasteiger partial charge in [0.05, 0.1) is 36.7 Å². The average molecular weight is 389 g/mol. The summed E-state index contributed by atoms with van der Waals surface area (Å²) in [5.41, 5.74) is 3.42. The molecule has 6 nitrogen and oxygen atoms in total. The number of benzene rings is 2. The molecule has 1 aromatic heterocycles. The number of carbonyl (C=O) groups excluding carboxylic acids is 1. The summed E-state index contributed by atoms with van der Waals surface area (Å²) < 4.78 is 11.6. The van der Waals surface area contributed by atoms with Gasteiger partial charge >= 0.3 is 0 Å². The molecule has 5 rings (SSSR count). The van der Waals surface area contributed by atoms with Gasteiger partial charge in [0.15, 0.2) is 11.5 Å². The smallest absolute Gasteiger partial charge is 0.258 e. The lowest BCUT2D eigenvalue weighted by atomic mass is 10.0. The van der Waals surface area contributed by atoms with E-state index in [4.69, 9.17) is 9.47 Å². The van der Waals surface area contributed by atoms with Gasteiger partial charge in [0.25, 0.3) is 5.91 Å². The standard InChI is InChI=1S/C23H23N3O3/c27-23(18-15-24-25-22(18)16-6-2-1-3-7-16)26-11-4-8-19(26)17-9-10-20-21(14-17)29-13-5-12-28-20/h1-3,6-7,9-10,14-15,19H,4-5,8,11-13H2,(H,24,25)/t19-/m1/s1. The van der Waals surface area contributed by atoms with Crippen LogP contribution in [0, 0.1) is 0 Å². The maximum absolute atomic E-state index is 13.4. The van der Waals surface area contributed by atoms with Gasteiger partial charge in [-0.3, -0.25) is 9.89 Å². The first-order valence-corrected chi connectivity index (χ1v) is 10.1. The summed E-state index contributed by atoms with van der Waals surface area (Å²) in [7, 11) is 0. The van der Waals surface area contributed by atoms with Crippen molar-refractivity contribution in [1.82, 2.24) is 15.1 Å². The number of nitrogens with zero attached hydrogens (tertiary/aromatic N) is 2. The summed E-state index contributed by atoms with van der Waals surface area (Å²) in [5.74, 6) is 1.56. The minimum atomic E-state index is 0.00668. The third-order valence-corrected chi connectivity index (χ3v) is 5.60. The summed E-state index contributed by atoms with van der Waals surface area (Å²) in [4.78, 5) is 15.4. The van der Waals surface area contributed by atoms with Gasteiger partial charge in [-0.15, -0.1) is 0 Å². The molecule has 29 heavy (non-hydrogen) atoms. The zero-order valence-electron chi connectivity index (χ0n) is 16.1. The van der Waals surface area contributed by atoms with E-state index in [0.717, 1.165) is 54.1 Å². The van der Waals surface area contributed by atoms with E-state index in [-0.39, 0.29) is 11.9 Å². The number of ether oxygens (including phenoxy) is 2. The largest absolute Gasteiger partial charge is 0.490 e. The van der Waals surface area contributed by atoms with Crippen LogP contribution in [0.3, 0.4) is 0 Å². The minimum absolute atomic E-state index is 0.00668. The second kappa shape index (κ2) is 7.62. The highest BCUT2D eigenvalue weighted by molar-refractivity contribution is 6.00. The Morgan fingerprint density at radius 3 is 2.72 bits per heavy atom. The van der Waals surface area contributed by atoms with E-state index in [1.807, 2.05) is 47.4 Å². The number of fused-ring (bicyclic) bond motifs is 1. The maximum atomic E-state index is 13.4. The zero-order chi connectivity index (χ0) is 19.6. The Labute approximate surface area is 169 Å². The molecule has 0 aliphatic carbocycles. The van der Waals surface area contributed by atoms with Gasteiger partial charge < -0.3 is 14.4 Å². The summed E-state index contributed by atoms with van der Waals surface area (Å²) in [6.07, 6.45) is 4.42. The number of aromatic amines is 1. The molecule has 0 radical (unpaired) electrons. The highest BCUT2D eigenvalue weighted by Gasteiger charge is 2.33. The van der Waals surface area contributed by atoms with Gasteiger partial charge in [0.2, 0.25) is 0 Å². The fourth-order valence-corrected chi connectivity index (χ4v) is 4.17. The molecular formula is C23H23N3O3. The second-order valence-electron chi connectivity index (χ2n) is 7.44. The van der Waals surface area contributed by atoms with Crippen molar-refractivity contribution in [3.05, 3.63) is 65.9 Å². The maximum Gasteiger partial charge on any atom is 0.258 e. The van der Waals surface area contributed by atoms with E-state index >= 15 is 0 Å². The molecule has 0 unspecified atom stereocenters. The predicted molar refractivity (Wildman–Crippen MR) is 109 cm³/mol. The van der Waals surface area contributed by atoms with Gasteiger partial charge in [-0.2, -0.15) is 5.10 Å². The molecule has 1 saturated heterocycles. The Balaban J connectivity index is 1.44. The minimum Gasteiger partial charge on any atom is -0.490 e. The third-order valence-electron chi connectivity index (χ3n) is 5.60. The fourth-order valence-electron chi connectivity index (χ4n) is 4.17. The number of carbonyl (C=O) groups is 1. The van der Waals surface area contributed by atoms with Gasteiger partial charge in [-0.1, -0.05) is 36.4 Å². The van der Waals surface area contributed by atoms with Crippen LogP contribution in [0.1, 0.15) is 41.2 Å². The van der Waals surface area contributed by atoms with Crippen molar-refractivity contribution in [3.63, 3.8) is 0 Å². The van der Waals surface area contributed by atoms with E-state index in [1.165, 1.54) is 0 Å². The van der Waals surface area contributed by atoms with Crippen LogP contribution in [0.2, 0.25) is 0 Å². The molecule has 3 heterocycles. The number of likely N-dealkylation sites (tertiary alicyclic amines) is 1. The lowest BCUT2D eigenvalue weighted by Crippen LogP contribution is -2.30. The van der Waals surface area contributed by atoms with Gasteiger partial charge in [0.1, 0.15) is 0 Å². The Morgan fingerprint density at radius 1 is 1.03 bits per heavy atom. The molecule has 1 N–H and O–H groups in total. The van der Waals surface area contributed by atoms with Crippen molar-refractivity contribution in [1.29, 1.82) is 0 Å². The first kappa shape index (κ1) is 17.8. The Morgan fingerprint density at radius 2 is 1.86 bits per heavy atom. The van der Waals surface area contributed by atoms with E-state index < -0.39 is 0 Å². The number of rotatable bonds is 3. The number of amides is 1. The summed E-state index contributed by atoms with van der Waals surface area (Å²) in [5, 5.41) is 7.14. The topological polar surface area (TPSA) is 67.5 Å². The van der Waals surface area contributed by atoms with Crippen LogP contribution in [0.5, 0.6) is 11.5 Å². The number of hydrogen-bond acceptors (Lipinski definition) is 4. The van der Waals surface area contributed by atoms with Crippen LogP contribution in [-0.2, 0) is 0 Å². The van der Waals surface area contributed by atoms with Crippen molar-refractivity contribution in [2.75, 3.05) is 19.8 Å². The molecule has 148 valence electrons. The lowest BCUT2D eigenvalue weighted by molar-refractivity contribution is 0.0736. The van der Waals surface area contributed by atoms with E-state index in [2.05, 4.69) is 16.3 Å². The summed E-state index contributed by atoms with van der Waals surface area (Å²) in [6.45, 7) is 2.06. The number of nitrogens with one attached hydrogen (secondary N) is 1. The number of H-pyrrole nitrogens is 1. The van der Waals surface area contributed by atoms with Crippen molar-refractivity contribution < 1.29 is 14.3 Å².